The van der Waals surface area contributed by atoms with E-state index in [9.17, 15) is 9.59 Å². The number of amides is 1. The molecule has 0 unspecified atom stereocenters. The number of carbonyl (C=O) groups is 2. The van der Waals surface area contributed by atoms with E-state index in [1.54, 1.807) is 12.1 Å². The maximum Gasteiger partial charge on any atom is 0.333 e. The van der Waals surface area contributed by atoms with E-state index in [1.807, 2.05) is 12.1 Å². The summed E-state index contributed by atoms with van der Waals surface area (Å²) in [5.74, 6) is -0.470. The first-order valence-electron chi connectivity index (χ1n) is 6.25. The lowest BCUT2D eigenvalue weighted by molar-refractivity contribution is -0.146. The van der Waals surface area contributed by atoms with Gasteiger partial charge in [0, 0.05) is 10.4 Å². The molecule has 5 heteroatoms. The molecule has 1 aliphatic rings. The largest absolute Gasteiger partial charge is 0.467 e. The van der Waals surface area contributed by atoms with Crippen molar-refractivity contribution < 1.29 is 14.3 Å². The van der Waals surface area contributed by atoms with Gasteiger partial charge in [0.2, 0.25) is 5.91 Å². The predicted octanol–water partition coefficient (Wildman–Crippen LogP) is 2.58. The molecule has 1 amide bonds. The first kappa shape index (κ1) is 14.1. The molecule has 2 rings (SSSR count). The van der Waals surface area contributed by atoms with Gasteiger partial charge in [0.25, 0.3) is 0 Å². The summed E-state index contributed by atoms with van der Waals surface area (Å²) < 4.78 is 5.69. The molecule has 0 aliphatic heterocycles. The molecule has 19 heavy (non-hydrogen) atoms. The van der Waals surface area contributed by atoms with Crippen molar-refractivity contribution in [1.82, 2.24) is 5.32 Å². The Kier molecular flexibility index (Phi) is 4.58. The van der Waals surface area contributed by atoms with Crippen LogP contribution in [0.2, 0.25) is 0 Å². The van der Waals surface area contributed by atoms with Crippen molar-refractivity contribution in [2.45, 2.75) is 25.3 Å². The smallest absolute Gasteiger partial charge is 0.333 e. The van der Waals surface area contributed by atoms with Gasteiger partial charge in [0.05, 0.1) is 7.11 Å². The van der Waals surface area contributed by atoms with Crippen molar-refractivity contribution in [3.05, 3.63) is 34.3 Å². The second-order valence-corrected chi connectivity index (χ2v) is 5.56. The fraction of sp³-hybridized carbons (Fsp3) is 0.429. The molecule has 1 aliphatic carbocycles. The highest BCUT2D eigenvalue weighted by Crippen LogP contribution is 2.27. The van der Waals surface area contributed by atoms with Crippen LogP contribution in [0.3, 0.4) is 0 Å². The van der Waals surface area contributed by atoms with Gasteiger partial charge < -0.3 is 10.1 Å². The second kappa shape index (κ2) is 6.19. The second-order valence-electron chi connectivity index (χ2n) is 4.64. The zero-order valence-corrected chi connectivity index (χ0v) is 12.3. The van der Waals surface area contributed by atoms with Gasteiger partial charge in [-0.2, -0.15) is 0 Å². The molecule has 0 radical (unpaired) electrons. The molecule has 0 heterocycles. The zero-order chi connectivity index (χ0) is 13.8. The number of esters is 1. The number of hydrogen-bond acceptors (Lipinski definition) is 3. The van der Waals surface area contributed by atoms with E-state index < -0.39 is 12.0 Å². The minimum absolute atomic E-state index is 0.0441. The van der Waals surface area contributed by atoms with Crippen LogP contribution < -0.4 is 5.32 Å². The molecule has 0 spiro atoms. The SMILES string of the molecule is COC(=O)[C@@H](NC(=O)C1CCC1)c1ccc(Br)cc1. The Bertz CT molecular complexity index is 468. The van der Waals surface area contributed by atoms with Crippen LogP contribution in [0, 0.1) is 5.92 Å². The molecule has 0 saturated heterocycles. The van der Waals surface area contributed by atoms with Crippen LogP contribution >= 0.6 is 15.9 Å². The van der Waals surface area contributed by atoms with Crippen molar-refractivity contribution in [2.24, 2.45) is 5.92 Å². The quantitative estimate of drug-likeness (QED) is 0.865. The molecule has 0 aromatic heterocycles. The summed E-state index contributed by atoms with van der Waals surface area (Å²) in [5, 5.41) is 2.78. The molecule has 1 fully saturated rings. The Morgan fingerprint density at radius 3 is 2.42 bits per heavy atom. The van der Waals surface area contributed by atoms with Crippen molar-refractivity contribution in [2.75, 3.05) is 7.11 Å². The lowest BCUT2D eigenvalue weighted by atomic mass is 9.84. The number of halogens is 1. The maximum absolute atomic E-state index is 12.0. The van der Waals surface area contributed by atoms with Crippen LogP contribution in [-0.4, -0.2) is 19.0 Å². The van der Waals surface area contributed by atoms with Gasteiger partial charge >= 0.3 is 5.97 Å². The van der Waals surface area contributed by atoms with Gasteiger partial charge in [-0.1, -0.05) is 34.5 Å². The summed E-state index contributed by atoms with van der Waals surface area (Å²) >= 11 is 3.34. The van der Waals surface area contributed by atoms with Crippen molar-refractivity contribution in [3.63, 3.8) is 0 Å². The maximum atomic E-state index is 12.0. The van der Waals surface area contributed by atoms with E-state index in [0.717, 1.165) is 29.3 Å². The third-order valence-electron chi connectivity index (χ3n) is 3.40. The molecule has 1 aromatic rings. The Hall–Kier alpha value is -1.36. The van der Waals surface area contributed by atoms with Crippen molar-refractivity contribution >= 4 is 27.8 Å². The van der Waals surface area contributed by atoms with Gasteiger partial charge in [-0.25, -0.2) is 4.79 Å². The van der Waals surface area contributed by atoms with Gasteiger partial charge in [0.15, 0.2) is 6.04 Å². The molecule has 1 N–H and O–H groups in total. The number of carbonyl (C=O) groups excluding carboxylic acids is 2. The highest BCUT2D eigenvalue weighted by molar-refractivity contribution is 9.10. The fourth-order valence-electron chi connectivity index (χ4n) is 1.98. The first-order chi connectivity index (χ1) is 9.11. The van der Waals surface area contributed by atoms with E-state index in [0.29, 0.717) is 0 Å². The van der Waals surface area contributed by atoms with Crippen LogP contribution in [0.1, 0.15) is 30.9 Å². The summed E-state index contributed by atoms with van der Waals surface area (Å²) in [6.07, 6.45) is 2.89. The van der Waals surface area contributed by atoms with Crippen LogP contribution in [0.25, 0.3) is 0 Å². The molecule has 102 valence electrons. The minimum Gasteiger partial charge on any atom is -0.467 e. The van der Waals surface area contributed by atoms with Crippen molar-refractivity contribution in [3.8, 4) is 0 Å². The third kappa shape index (κ3) is 3.35. The monoisotopic (exact) mass is 325 g/mol. The van der Waals surface area contributed by atoms with E-state index in [2.05, 4.69) is 21.2 Å². The molecular weight excluding hydrogens is 310 g/mol. The Morgan fingerprint density at radius 2 is 1.95 bits per heavy atom. The third-order valence-corrected chi connectivity index (χ3v) is 3.93. The van der Waals surface area contributed by atoms with E-state index in [1.165, 1.54) is 7.11 Å². The number of hydrogen-bond donors (Lipinski definition) is 1. The van der Waals surface area contributed by atoms with Gasteiger partial charge in [-0.05, 0) is 30.5 Å². The summed E-state index contributed by atoms with van der Waals surface area (Å²) in [7, 11) is 1.32. The summed E-state index contributed by atoms with van der Waals surface area (Å²) in [6, 6.07) is 6.53. The Morgan fingerprint density at radius 1 is 1.32 bits per heavy atom. The Balaban J connectivity index is 2.13. The minimum atomic E-state index is -0.730. The van der Waals surface area contributed by atoms with Gasteiger partial charge in [0.1, 0.15) is 0 Å². The zero-order valence-electron chi connectivity index (χ0n) is 10.7. The summed E-state index contributed by atoms with van der Waals surface area (Å²) in [5.41, 5.74) is 0.725. The van der Waals surface area contributed by atoms with Gasteiger partial charge in [-0.3, -0.25) is 4.79 Å². The summed E-state index contributed by atoms with van der Waals surface area (Å²) in [6.45, 7) is 0. The highest BCUT2D eigenvalue weighted by atomic mass is 79.9. The van der Waals surface area contributed by atoms with Gasteiger partial charge in [-0.15, -0.1) is 0 Å². The molecule has 4 nitrogen and oxygen atoms in total. The molecular formula is C14H16BrNO3. The molecule has 1 aromatic carbocycles. The average molecular weight is 326 g/mol. The standard InChI is InChI=1S/C14H16BrNO3/c1-19-14(18)12(9-5-7-11(15)8-6-9)16-13(17)10-3-2-4-10/h5-8,10,12H,2-4H2,1H3,(H,16,17)/t12-/m0/s1. The lowest BCUT2D eigenvalue weighted by Gasteiger charge is -2.26. The van der Waals surface area contributed by atoms with Crippen LogP contribution in [0.15, 0.2) is 28.7 Å². The van der Waals surface area contributed by atoms with E-state index >= 15 is 0 Å². The van der Waals surface area contributed by atoms with Crippen LogP contribution in [-0.2, 0) is 14.3 Å². The molecule has 1 atom stereocenters. The van der Waals surface area contributed by atoms with E-state index in [4.69, 9.17) is 4.74 Å². The first-order valence-corrected chi connectivity index (χ1v) is 7.05. The predicted molar refractivity (Wildman–Crippen MR) is 74.4 cm³/mol. The summed E-state index contributed by atoms with van der Waals surface area (Å²) in [4.78, 5) is 23.8. The molecule has 0 bridgehead atoms. The van der Waals surface area contributed by atoms with Crippen LogP contribution in [0.5, 0.6) is 0 Å². The number of methoxy groups -OCH3 is 1. The average Bonchev–Trinajstić information content (AvgIpc) is 2.34. The Labute approximate surface area is 120 Å². The molecule has 1 saturated carbocycles. The number of nitrogens with one attached hydrogen (secondary N) is 1. The normalized spacial score (nSPS) is 16.3. The number of benzene rings is 1. The highest BCUT2D eigenvalue weighted by Gasteiger charge is 2.30. The van der Waals surface area contributed by atoms with Crippen LogP contribution in [0.4, 0.5) is 0 Å². The number of ether oxygens (including phenoxy) is 1. The number of rotatable bonds is 4. The lowest BCUT2D eigenvalue weighted by Crippen LogP contribution is -2.40. The van der Waals surface area contributed by atoms with E-state index in [-0.39, 0.29) is 11.8 Å². The topological polar surface area (TPSA) is 55.4 Å². The fourth-order valence-corrected chi connectivity index (χ4v) is 2.25. The van der Waals surface area contributed by atoms with Crippen molar-refractivity contribution in [1.29, 1.82) is 0 Å².